The number of carbonyl (C=O) groups excluding carboxylic acids is 1. The van der Waals surface area contributed by atoms with Crippen LogP contribution in [0.15, 0.2) is 12.2 Å². The summed E-state index contributed by atoms with van der Waals surface area (Å²) >= 11 is 0. The van der Waals surface area contributed by atoms with E-state index in [9.17, 15) is 4.79 Å². The van der Waals surface area contributed by atoms with Gasteiger partial charge >= 0.3 is 5.97 Å². The summed E-state index contributed by atoms with van der Waals surface area (Å²) in [4.78, 5) is 11.3. The fourth-order valence-corrected chi connectivity index (χ4v) is 3.88. The predicted molar refractivity (Wildman–Crippen MR) is 57.1 cm³/mol. The molecule has 2 heteroatoms. The highest BCUT2D eigenvalue weighted by Gasteiger charge is 2.53. The van der Waals surface area contributed by atoms with Crippen LogP contribution in [0.25, 0.3) is 0 Å². The molecule has 0 unspecified atom stereocenters. The van der Waals surface area contributed by atoms with Crippen LogP contribution in [-0.2, 0) is 9.53 Å². The summed E-state index contributed by atoms with van der Waals surface area (Å²) in [6.07, 6.45) is 9.09. The zero-order chi connectivity index (χ0) is 10.4. The number of hydrogen-bond donors (Lipinski definition) is 0. The maximum absolute atomic E-state index is 11.3. The third kappa shape index (κ3) is 1.34. The summed E-state index contributed by atoms with van der Waals surface area (Å²) in [5, 5.41) is 0. The lowest BCUT2D eigenvalue weighted by atomic mass is 9.80. The molecule has 5 atom stereocenters. The SMILES string of the molecule is CCC(=O)O[C@H]1C[C@H]2C[C@H]1[C@@H]1CC=C[C@H]21. The van der Waals surface area contributed by atoms with Crippen LogP contribution in [0.2, 0.25) is 0 Å². The Morgan fingerprint density at radius 1 is 1.40 bits per heavy atom. The van der Waals surface area contributed by atoms with E-state index in [-0.39, 0.29) is 12.1 Å². The third-order valence-electron chi connectivity index (χ3n) is 4.51. The van der Waals surface area contributed by atoms with Gasteiger partial charge in [0.25, 0.3) is 0 Å². The lowest BCUT2D eigenvalue weighted by molar-refractivity contribution is -0.152. The van der Waals surface area contributed by atoms with E-state index in [1.54, 1.807) is 0 Å². The van der Waals surface area contributed by atoms with E-state index < -0.39 is 0 Å². The lowest BCUT2D eigenvalue weighted by Crippen LogP contribution is -2.32. The summed E-state index contributed by atoms with van der Waals surface area (Å²) in [7, 11) is 0. The molecule has 3 rings (SSSR count). The third-order valence-corrected chi connectivity index (χ3v) is 4.51. The fourth-order valence-electron chi connectivity index (χ4n) is 3.88. The molecule has 2 nitrogen and oxygen atoms in total. The van der Waals surface area contributed by atoms with Crippen molar-refractivity contribution < 1.29 is 9.53 Å². The Morgan fingerprint density at radius 2 is 2.27 bits per heavy atom. The molecule has 0 aromatic rings. The monoisotopic (exact) mass is 206 g/mol. The standard InChI is InChI=1S/C13H18O2/c1-2-13(14)15-12-7-8-6-11(12)10-5-3-4-9(8)10/h3-4,8-12H,2,5-7H2,1H3/t8-,9-,10-,11+,12+/m1/s1. The van der Waals surface area contributed by atoms with Crippen molar-refractivity contribution in [2.45, 2.75) is 38.7 Å². The maximum atomic E-state index is 11.3. The minimum Gasteiger partial charge on any atom is -0.462 e. The Kier molecular flexibility index (Phi) is 2.11. The van der Waals surface area contributed by atoms with Gasteiger partial charge in [-0.15, -0.1) is 0 Å². The van der Waals surface area contributed by atoms with Gasteiger partial charge in [-0.05, 0) is 42.9 Å². The highest BCUT2D eigenvalue weighted by molar-refractivity contribution is 5.69. The topological polar surface area (TPSA) is 26.3 Å². The highest BCUT2D eigenvalue weighted by atomic mass is 16.5. The van der Waals surface area contributed by atoms with Gasteiger partial charge in [-0.25, -0.2) is 0 Å². The minimum atomic E-state index is -0.0185. The quantitative estimate of drug-likeness (QED) is 0.512. The molecule has 0 heterocycles. The van der Waals surface area contributed by atoms with E-state index in [1.165, 1.54) is 12.8 Å². The molecule has 3 aliphatic rings. The fraction of sp³-hybridized carbons (Fsp3) is 0.769. The van der Waals surface area contributed by atoms with Gasteiger partial charge < -0.3 is 4.74 Å². The van der Waals surface area contributed by atoms with E-state index >= 15 is 0 Å². The molecule has 0 amide bonds. The average Bonchev–Trinajstić information content (AvgIpc) is 2.87. The lowest BCUT2D eigenvalue weighted by Gasteiger charge is -2.30. The van der Waals surface area contributed by atoms with E-state index in [0.717, 1.165) is 24.2 Å². The summed E-state index contributed by atoms with van der Waals surface area (Å²) in [6, 6.07) is 0. The molecular weight excluding hydrogens is 188 g/mol. The van der Waals surface area contributed by atoms with Crippen molar-refractivity contribution >= 4 is 5.97 Å². The molecule has 0 aromatic carbocycles. The summed E-state index contributed by atoms with van der Waals surface area (Å²) in [6.45, 7) is 1.87. The van der Waals surface area contributed by atoms with Crippen molar-refractivity contribution in [1.82, 2.24) is 0 Å². The number of allylic oxidation sites excluding steroid dienone is 2. The Balaban J connectivity index is 1.69. The molecule has 0 aliphatic heterocycles. The molecule has 2 bridgehead atoms. The largest absolute Gasteiger partial charge is 0.462 e. The zero-order valence-corrected chi connectivity index (χ0v) is 9.19. The first-order valence-corrected chi connectivity index (χ1v) is 6.15. The van der Waals surface area contributed by atoms with Gasteiger partial charge in [0, 0.05) is 6.42 Å². The normalized spacial score (nSPS) is 45.8. The molecule has 15 heavy (non-hydrogen) atoms. The van der Waals surface area contributed by atoms with Gasteiger partial charge in [0.1, 0.15) is 6.10 Å². The van der Waals surface area contributed by atoms with E-state index in [4.69, 9.17) is 4.74 Å². The molecular formula is C13H18O2. The van der Waals surface area contributed by atoms with Crippen LogP contribution in [0.1, 0.15) is 32.6 Å². The van der Waals surface area contributed by atoms with Crippen LogP contribution in [0.3, 0.4) is 0 Å². The molecule has 0 spiro atoms. The van der Waals surface area contributed by atoms with Crippen LogP contribution in [0, 0.1) is 23.7 Å². The average molecular weight is 206 g/mol. The minimum absolute atomic E-state index is 0.0185. The first kappa shape index (κ1) is 9.44. The number of fused-ring (bicyclic) bond motifs is 5. The smallest absolute Gasteiger partial charge is 0.305 e. The first-order valence-electron chi connectivity index (χ1n) is 6.15. The summed E-state index contributed by atoms with van der Waals surface area (Å²) in [5.74, 6) is 3.04. The second kappa shape index (κ2) is 3.36. The molecule has 0 radical (unpaired) electrons. The Bertz CT molecular complexity index is 308. The van der Waals surface area contributed by atoms with Crippen LogP contribution >= 0.6 is 0 Å². The van der Waals surface area contributed by atoms with Crippen molar-refractivity contribution in [2.24, 2.45) is 23.7 Å². The van der Waals surface area contributed by atoms with Gasteiger partial charge in [0.05, 0.1) is 0 Å². The van der Waals surface area contributed by atoms with Crippen LogP contribution in [0.5, 0.6) is 0 Å². The van der Waals surface area contributed by atoms with Crippen molar-refractivity contribution in [3.05, 3.63) is 12.2 Å². The molecule has 2 saturated carbocycles. The van der Waals surface area contributed by atoms with Crippen LogP contribution in [-0.4, -0.2) is 12.1 Å². The second-order valence-electron chi connectivity index (χ2n) is 5.18. The number of rotatable bonds is 2. The molecule has 0 saturated heterocycles. The van der Waals surface area contributed by atoms with Crippen LogP contribution < -0.4 is 0 Å². The van der Waals surface area contributed by atoms with E-state index in [2.05, 4.69) is 12.2 Å². The molecule has 3 aliphatic carbocycles. The van der Waals surface area contributed by atoms with Gasteiger partial charge in [0.15, 0.2) is 0 Å². The number of ether oxygens (including phenoxy) is 1. The number of hydrogen-bond acceptors (Lipinski definition) is 2. The molecule has 2 fully saturated rings. The van der Waals surface area contributed by atoms with Crippen molar-refractivity contribution in [2.75, 3.05) is 0 Å². The van der Waals surface area contributed by atoms with Crippen LogP contribution in [0.4, 0.5) is 0 Å². The number of esters is 1. The Morgan fingerprint density at radius 3 is 3.07 bits per heavy atom. The van der Waals surface area contributed by atoms with Crippen molar-refractivity contribution in [1.29, 1.82) is 0 Å². The van der Waals surface area contributed by atoms with Gasteiger partial charge in [-0.2, -0.15) is 0 Å². The van der Waals surface area contributed by atoms with Gasteiger partial charge in [-0.1, -0.05) is 19.1 Å². The maximum Gasteiger partial charge on any atom is 0.305 e. The summed E-state index contributed by atoms with van der Waals surface area (Å²) in [5.41, 5.74) is 0. The first-order chi connectivity index (χ1) is 7.29. The summed E-state index contributed by atoms with van der Waals surface area (Å²) < 4.78 is 5.54. The predicted octanol–water partition coefficient (Wildman–Crippen LogP) is 2.54. The second-order valence-corrected chi connectivity index (χ2v) is 5.18. The molecule has 82 valence electrons. The highest BCUT2D eigenvalue weighted by Crippen LogP contribution is 2.57. The van der Waals surface area contributed by atoms with Crippen molar-refractivity contribution in [3.8, 4) is 0 Å². The van der Waals surface area contributed by atoms with Crippen molar-refractivity contribution in [3.63, 3.8) is 0 Å². The Labute approximate surface area is 90.7 Å². The van der Waals surface area contributed by atoms with Gasteiger partial charge in [-0.3, -0.25) is 4.79 Å². The molecule has 0 aromatic heterocycles. The van der Waals surface area contributed by atoms with E-state index in [0.29, 0.717) is 12.3 Å². The zero-order valence-electron chi connectivity index (χ0n) is 9.19. The van der Waals surface area contributed by atoms with E-state index in [1.807, 2.05) is 6.92 Å². The molecule has 0 N–H and O–H groups in total. The Hall–Kier alpha value is -0.790. The van der Waals surface area contributed by atoms with Gasteiger partial charge in [0.2, 0.25) is 0 Å². The number of carbonyl (C=O) groups is 1.